The minimum atomic E-state index is -0.198. The Morgan fingerprint density at radius 2 is 2.30 bits per heavy atom. The maximum atomic E-state index is 9.78. The van der Waals surface area contributed by atoms with E-state index in [2.05, 4.69) is 11.8 Å². The Hall–Kier alpha value is -1.59. The summed E-state index contributed by atoms with van der Waals surface area (Å²) in [7, 11) is 1.65. The molecule has 0 aliphatic carbocycles. The Morgan fingerprint density at radius 1 is 1.55 bits per heavy atom. The van der Waals surface area contributed by atoms with E-state index in [4.69, 9.17) is 15.9 Å². The molecule has 5 nitrogen and oxygen atoms in total. The van der Waals surface area contributed by atoms with Gasteiger partial charge >= 0.3 is 0 Å². The molecule has 0 radical (unpaired) electrons. The molecule has 0 spiro atoms. The van der Waals surface area contributed by atoms with Crippen molar-refractivity contribution in [2.75, 3.05) is 20.2 Å². The lowest BCUT2D eigenvalue weighted by Crippen LogP contribution is -2.41. The van der Waals surface area contributed by atoms with Crippen LogP contribution in [0.2, 0.25) is 0 Å². The van der Waals surface area contributed by atoms with Crippen LogP contribution in [0.5, 0.6) is 5.75 Å². The third-order valence-corrected chi connectivity index (χ3v) is 3.93. The fourth-order valence-electron chi connectivity index (χ4n) is 2.67. The number of amidine groups is 1. The Morgan fingerprint density at radius 3 is 2.90 bits per heavy atom. The molecule has 2 unspecified atom stereocenters. The summed E-state index contributed by atoms with van der Waals surface area (Å²) in [5, 5.41) is 17.3. The normalized spacial score (nSPS) is 23.6. The SMILES string of the molecule is COc1ccc(C(=N)N)cc1CN1CCC(O)C(C)C1. The molecule has 110 valence electrons. The second-order valence-corrected chi connectivity index (χ2v) is 5.51. The summed E-state index contributed by atoms with van der Waals surface area (Å²) >= 11 is 0. The molecule has 0 aromatic heterocycles. The third kappa shape index (κ3) is 3.29. The van der Waals surface area contributed by atoms with Gasteiger partial charge < -0.3 is 15.6 Å². The number of rotatable bonds is 4. The van der Waals surface area contributed by atoms with E-state index in [-0.39, 0.29) is 17.9 Å². The summed E-state index contributed by atoms with van der Waals surface area (Å²) in [5.41, 5.74) is 7.29. The van der Waals surface area contributed by atoms with E-state index in [0.29, 0.717) is 5.56 Å². The summed E-state index contributed by atoms with van der Waals surface area (Å²) < 4.78 is 5.38. The average molecular weight is 277 g/mol. The number of nitrogens with two attached hydrogens (primary N) is 1. The molecule has 0 bridgehead atoms. The van der Waals surface area contributed by atoms with Crippen LogP contribution in [0, 0.1) is 11.3 Å². The fourth-order valence-corrected chi connectivity index (χ4v) is 2.67. The number of hydrogen-bond acceptors (Lipinski definition) is 4. The summed E-state index contributed by atoms with van der Waals surface area (Å²) in [6.45, 7) is 4.56. The summed E-state index contributed by atoms with van der Waals surface area (Å²) in [6.07, 6.45) is 0.604. The highest BCUT2D eigenvalue weighted by molar-refractivity contribution is 5.95. The zero-order valence-electron chi connectivity index (χ0n) is 12.1. The van der Waals surface area contributed by atoms with Crippen molar-refractivity contribution in [3.63, 3.8) is 0 Å². The molecule has 1 aromatic rings. The molecule has 1 saturated heterocycles. The fraction of sp³-hybridized carbons (Fsp3) is 0.533. The Kier molecular flexibility index (Phi) is 4.62. The van der Waals surface area contributed by atoms with E-state index in [1.165, 1.54) is 0 Å². The second kappa shape index (κ2) is 6.24. The number of nitrogens with one attached hydrogen (secondary N) is 1. The Balaban J connectivity index is 2.15. The maximum absolute atomic E-state index is 9.78. The molecule has 1 aliphatic heterocycles. The first-order valence-electron chi connectivity index (χ1n) is 6.93. The number of aliphatic hydroxyl groups is 1. The molecule has 1 heterocycles. The van der Waals surface area contributed by atoms with Crippen molar-refractivity contribution in [2.45, 2.75) is 26.0 Å². The van der Waals surface area contributed by atoms with E-state index in [0.717, 1.165) is 37.4 Å². The van der Waals surface area contributed by atoms with Gasteiger partial charge in [-0.2, -0.15) is 0 Å². The number of piperidine rings is 1. The van der Waals surface area contributed by atoms with Gasteiger partial charge in [-0.3, -0.25) is 10.3 Å². The minimum absolute atomic E-state index is 0.0661. The quantitative estimate of drug-likeness (QED) is 0.570. The van der Waals surface area contributed by atoms with Crippen molar-refractivity contribution in [1.82, 2.24) is 4.90 Å². The van der Waals surface area contributed by atoms with Crippen LogP contribution in [0.15, 0.2) is 18.2 Å². The smallest absolute Gasteiger partial charge is 0.123 e. The molecule has 5 heteroatoms. The van der Waals surface area contributed by atoms with Gasteiger partial charge in [-0.1, -0.05) is 6.92 Å². The van der Waals surface area contributed by atoms with Gasteiger partial charge in [-0.05, 0) is 30.5 Å². The van der Waals surface area contributed by atoms with Crippen LogP contribution in [0.4, 0.5) is 0 Å². The van der Waals surface area contributed by atoms with Crippen molar-refractivity contribution in [3.8, 4) is 5.75 Å². The first-order valence-corrected chi connectivity index (χ1v) is 6.93. The lowest BCUT2D eigenvalue weighted by molar-refractivity contribution is 0.0318. The van der Waals surface area contributed by atoms with Crippen molar-refractivity contribution < 1.29 is 9.84 Å². The highest BCUT2D eigenvalue weighted by Crippen LogP contribution is 2.24. The zero-order valence-corrected chi connectivity index (χ0v) is 12.1. The highest BCUT2D eigenvalue weighted by atomic mass is 16.5. The Bertz CT molecular complexity index is 490. The van der Waals surface area contributed by atoms with Crippen LogP contribution in [-0.2, 0) is 6.54 Å². The van der Waals surface area contributed by atoms with Gasteiger partial charge in [0.05, 0.1) is 13.2 Å². The van der Waals surface area contributed by atoms with Crippen molar-refractivity contribution in [2.24, 2.45) is 11.7 Å². The van der Waals surface area contributed by atoms with E-state index in [9.17, 15) is 5.11 Å². The monoisotopic (exact) mass is 277 g/mol. The van der Waals surface area contributed by atoms with Gasteiger partial charge in [0, 0.05) is 30.8 Å². The number of ether oxygens (including phenoxy) is 1. The number of hydrogen-bond donors (Lipinski definition) is 3. The van der Waals surface area contributed by atoms with E-state index in [1.807, 2.05) is 12.1 Å². The van der Waals surface area contributed by atoms with Crippen LogP contribution >= 0.6 is 0 Å². The molecular weight excluding hydrogens is 254 g/mol. The predicted octanol–water partition coefficient (Wildman–Crippen LogP) is 1.18. The molecule has 2 atom stereocenters. The molecular formula is C15H23N3O2. The van der Waals surface area contributed by atoms with Gasteiger partial charge in [0.25, 0.3) is 0 Å². The summed E-state index contributed by atoms with van der Waals surface area (Å²) in [5.74, 6) is 1.16. The third-order valence-electron chi connectivity index (χ3n) is 3.93. The van der Waals surface area contributed by atoms with Crippen LogP contribution in [0.1, 0.15) is 24.5 Å². The van der Waals surface area contributed by atoms with E-state index >= 15 is 0 Å². The van der Waals surface area contributed by atoms with Gasteiger partial charge in [0.2, 0.25) is 0 Å². The van der Waals surface area contributed by atoms with Crippen LogP contribution in [0.3, 0.4) is 0 Å². The van der Waals surface area contributed by atoms with Gasteiger partial charge in [0.15, 0.2) is 0 Å². The number of likely N-dealkylation sites (tertiary alicyclic amines) is 1. The van der Waals surface area contributed by atoms with Crippen molar-refractivity contribution in [1.29, 1.82) is 5.41 Å². The number of aliphatic hydroxyl groups excluding tert-OH is 1. The molecule has 1 fully saturated rings. The van der Waals surface area contributed by atoms with Crippen LogP contribution in [0.25, 0.3) is 0 Å². The second-order valence-electron chi connectivity index (χ2n) is 5.51. The van der Waals surface area contributed by atoms with Gasteiger partial charge in [0.1, 0.15) is 11.6 Å². The predicted molar refractivity (Wildman–Crippen MR) is 79.1 cm³/mol. The topological polar surface area (TPSA) is 82.6 Å². The zero-order chi connectivity index (χ0) is 14.7. The number of benzene rings is 1. The van der Waals surface area contributed by atoms with E-state index in [1.54, 1.807) is 13.2 Å². The van der Waals surface area contributed by atoms with Crippen LogP contribution in [-0.4, -0.2) is 42.1 Å². The van der Waals surface area contributed by atoms with Crippen LogP contribution < -0.4 is 10.5 Å². The summed E-state index contributed by atoms with van der Waals surface area (Å²) in [4.78, 5) is 2.30. The molecule has 0 amide bonds. The molecule has 20 heavy (non-hydrogen) atoms. The first kappa shape index (κ1) is 14.8. The highest BCUT2D eigenvalue weighted by Gasteiger charge is 2.24. The summed E-state index contributed by atoms with van der Waals surface area (Å²) in [6, 6.07) is 5.57. The van der Waals surface area contributed by atoms with Gasteiger partial charge in [-0.15, -0.1) is 0 Å². The maximum Gasteiger partial charge on any atom is 0.123 e. The number of methoxy groups -OCH3 is 1. The Labute approximate surface area is 119 Å². The molecule has 0 saturated carbocycles. The molecule has 1 aliphatic rings. The lowest BCUT2D eigenvalue weighted by Gasteiger charge is -2.34. The largest absolute Gasteiger partial charge is 0.496 e. The van der Waals surface area contributed by atoms with E-state index < -0.39 is 0 Å². The van der Waals surface area contributed by atoms with Crippen molar-refractivity contribution >= 4 is 5.84 Å². The molecule has 4 N–H and O–H groups in total. The molecule has 2 rings (SSSR count). The number of nitrogens with zero attached hydrogens (tertiary/aromatic N) is 1. The minimum Gasteiger partial charge on any atom is -0.496 e. The average Bonchev–Trinajstić information content (AvgIpc) is 2.42. The molecule has 1 aromatic carbocycles. The lowest BCUT2D eigenvalue weighted by atomic mass is 9.96. The number of nitrogen functional groups attached to an aromatic ring is 1. The van der Waals surface area contributed by atoms with Gasteiger partial charge in [-0.25, -0.2) is 0 Å². The first-order chi connectivity index (χ1) is 9.51. The standard InChI is InChI=1S/C15H23N3O2/c1-10-8-18(6-5-13(10)19)9-12-7-11(15(16)17)3-4-14(12)20-2/h3-4,7,10,13,19H,5-6,8-9H2,1-2H3,(H3,16,17). The van der Waals surface area contributed by atoms with Crippen molar-refractivity contribution in [3.05, 3.63) is 29.3 Å².